The largest absolute Gasteiger partial charge is 0.326 e. The van der Waals surface area contributed by atoms with Crippen LogP contribution in [-0.2, 0) is 0 Å². The van der Waals surface area contributed by atoms with Crippen molar-refractivity contribution in [1.29, 1.82) is 0 Å². The lowest BCUT2D eigenvalue weighted by atomic mass is 10.0. The molecular weight excluding hydrogens is 240 g/mol. The Bertz CT molecular complexity index is 349. The molecule has 0 aliphatic heterocycles. The van der Waals surface area contributed by atoms with Crippen LogP contribution in [0.2, 0.25) is 4.34 Å². The molecule has 0 aromatic carbocycles. The maximum Gasteiger partial charge on any atom is 0.0931 e. The lowest BCUT2D eigenvalue weighted by Gasteiger charge is -2.31. The van der Waals surface area contributed by atoms with Crippen molar-refractivity contribution in [2.75, 3.05) is 7.05 Å². The van der Waals surface area contributed by atoms with Crippen molar-refractivity contribution in [3.63, 3.8) is 0 Å². The molecule has 16 heavy (non-hydrogen) atoms. The summed E-state index contributed by atoms with van der Waals surface area (Å²) in [5.74, 6) is 0. The molecule has 0 spiro atoms. The molecule has 1 aliphatic carbocycles. The van der Waals surface area contributed by atoms with E-state index in [1.54, 1.807) is 11.3 Å². The van der Waals surface area contributed by atoms with Crippen LogP contribution in [0.25, 0.3) is 0 Å². The van der Waals surface area contributed by atoms with Crippen LogP contribution in [0.1, 0.15) is 37.1 Å². The molecule has 1 aromatic heterocycles. The van der Waals surface area contributed by atoms with Crippen molar-refractivity contribution < 1.29 is 0 Å². The summed E-state index contributed by atoms with van der Waals surface area (Å²) in [6, 6.07) is 5.34. The molecule has 4 heteroatoms. The van der Waals surface area contributed by atoms with Gasteiger partial charge in [-0.1, -0.05) is 18.5 Å². The van der Waals surface area contributed by atoms with Crippen molar-refractivity contribution in [3.05, 3.63) is 21.3 Å². The zero-order valence-corrected chi connectivity index (χ0v) is 11.4. The third-order valence-electron chi connectivity index (χ3n) is 3.32. The quantitative estimate of drug-likeness (QED) is 0.878. The molecule has 90 valence electrons. The Morgan fingerprint density at radius 3 is 2.69 bits per heavy atom. The summed E-state index contributed by atoms with van der Waals surface area (Å²) in [6.07, 6.45) is 3.61. The summed E-state index contributed by atoms with van der Waals surface area (Å²) in [7, 11) is 2.19. The topological polar surface area (TPSA) is 29.3 Å². The minimum Gasteiger partial charge on any atom is -0.326 e. The summed E-state index contributed by atoms with van der Waals surface area (Å²) in [5.41, 5.74) is 6.25. The molecule has 0 saturated heterocycles. The first-order valence-electron chi connectivity index (χ1n) is 5.86. The van der Waals surface area contributed by atoms with Crippen LogP contribution in [0.4, 0.5) is 0 Å². The van der Waals surface area contributed by atoms with Crippen molar-refractivity contribution in [2.24, 2.45) is 5.73 Å². The first-order valence-corrected chi connectivity index (χ1v) is 7.05. The van der Waals surface area contributed by atoms with Crippen LogP contribution in [0.15, 0.2) is 12.1 Å². The van der Waals surface area contributed by atoms with Crippen LogP contribution >= 0.6 is 22.9 Å². The number of rotatable bonds is 5. The van der Waals surface area contributed by atoms with Gasteiger partial charge in [-0.3, -0.25) is 4.90 Å². The van der Waals surface area contributed by atoms with Gasteiger partial charge < -0.3 is 5.73 Å². The van der Waals surface area contributed by atoms with Gasteiger partial charge in [0.1, 0.15) is 0 Å². The lowest BCUT2D eigenvalue weighted by Crippen LogP contribution is -2.39. The smallest absolute Gasteiger partial charge is 0.0931 e. The van der Waals surface area contributed by atoms with E-state index in [0.717, 1.165) is 16.8 Å². The maximum absolute atomic E-state index is 6.25. The van der Waals surface area contributed by atoms with Gasteiger partial charge in [0, 0.05) is 17.0 Å². The first kappa shape index (κ1) is 12.4. The molecule has 0 amide bonds. The fourth-order valence-corrected chi connectivity index (χ4v) is 3.42. The summed E-state index contributed by atoms with van der Waals surface area (Å²) in [5, 5.41) is 0. The van der Waals surface area contributed by atoms with E-state index in [2.05, 4.69) is 24.9 Å². The zero-order chi connectivity index (χ0) is 11.7. The van der Waals surface area contributed by atoms with Gasteiger partial charge in [-0.25, -0.2) is 0 Å². The molecule has 1 heterocycles. The number of hydrogen-bond donors (Lipinski definition) is 1. The molecule has 0 radical (unpaired) electrons. The number of likely N-dealkylation sites (N-methyl/N-ethyl adjacent to an activating group) is 1. The second-order valence-corrected chi connectivity index (χ2v) is 6.30. The van der Waals surface area contributed by atoms with Gasteiger partial charge >= 0.3 is 0 Å². The molecule has 2 rings (SSSR count). The van der Waals surface area contributed by atoms with Crippen molar-refractivity contribution >= 4 is 22.9 Å². The van der Waals surface area contributed by atoms with Gasteiger partial charge in [0.25, 0.3) is 0 Å². The number of thiophene rings is 1. The second-order valence-electron chi connectivity index (χ2n) is 4.56. The molecular formula is C12H19ClN2S. The van der Waals surface area contributed by atoms with E-state index in [4.69, 9.17) is 17.3 Å². The molecule has 1 saturated carbocycles. The Kier molecular flexibility index (Phi) is 3.90. The monoisotopic (exact) mass is 258 g/mol. The van der Waals surface area contributed by atoms with Crippen LogP contribution in [-0.4, -0.2) is 24.0 Å². The van der Waals surface area contributed by atoms with E-state index in [1.165, 1.54) is 17.7 Å². The van der Waals surface area contributed by atoms with Crippen molar-refractivity contribution in [3.8, 4) is 0 Å². The van der Waals surface area contributed by atoms with Crippen LogP contribution in [0.3, 0.4) is 0 Å². The average Bonchev–Trinajstić information content (AvgIpc) is 3.03. The average molecular weight is 259 g/mol. The van der Waals surface area contributed by atoms with E-state index in [-0.39, 0.29) is 6.04 Å². The first-order chi connectivity index (χ1) is 7.63. The zero-order valence-electron chi connectivity index (χ0n) is 9.82. The molecule has 2 atom stereocenters. The van der Waals surface area contributed by atoms with E-state index >= 15 is 0 Å². The van der Waals surface area contributed by atoms with Crippen LogP contribution < -0.4 is 5.73 Å². The summed E-state index contributed by atoms with van der Waals surface area (Å²) >= 11 is 7.67. The summed E-state index contributed by atoms with van der Waals surface area (Å²) in [4.78, 5) is 3.73. The predicted molar refractivity (Wildman–Crippen MR) is 71.1 cm³/mol. The third kappa shape index (κ3) is 2.59. The van der Waals surface area contributed by atoms with Gasteiger partial charge in [0.15, 0.2) is 0 Å². The number of halogens is 1. The van der Waals surface area contributed by atoms with E-state index in [9.17, 15) is 0 Å². The van der Waals surface area contributed by atoms with Crippen molar-refractivity contribution in [1.82, 2.24) is 4.90 Å². The molecule has 2 N–H and O–H groups in total. The van der Waals surface area contributed by atoms with Gasteiger partial charge in [-0.05, 0) is 38.4 Å². The highest BCUT2D eigenvalue weighted by Crippen LogP contribution is 2.38. The number of nitrogens with zero attached hydrogens (tertiary/aromatic N) is 1. The molecule has 0 bridgehead atoms. The SMILES string of the molecule is CCC(N)C(c1ccc(Cl)s1)N(C)C1CC1. The third-order valence-corrected chi connectivity index (χ3v) is 4.63. The van der Waals surface area contributed by atoms with Gasteiger partial charge in [-0.15, -0.1) is 11.3 Å². The fourth-order valence-electron chi connectivity index (χ4n) is 2.13. The van der Waals surface area contributed by atoms with Crippen LogP contribution in [0.5, 0.6) is 0 Å². The number of hydrogen-bond acceptors (Lipinski definition) is 3. The Balaban J connectivity index is 2.19. The Morgan fingerprint density at radius 1 is 1.56 bits per heavy atom. The Hall–Kier alpha value is -0.0900. The molecule has 2 nitrogen and oxygen atoms in total. The predicted octanol–water partition coefficient (Wildman–Crippen LogP) is 3.27. The molecule has 1 aromatic rings. The fraction of sp³-hybridized carbons (Fsp3) is 0.667. The van der Waals surface area contributed by atoms with Gasteiger partial charge in [0.2, 0.25) is 0 Å². The standard InChI is InChI=1S/C12H19ClN2S/c1-3-9(14)12(15(2)8-4-5-8)10-6-7-11(13)16-10/h6-9,12H,3-5,14H2,1-2H3. The van der Waals surface area contributed by atoms with Gasteiger partial charge in [0.05, 0.1) is 10.4 Å². The molecule has 1 aliphatic rings. The van der Waals surface area contributed by atoms with E-state index < -0.39 is 0 Å². The molecule has 1 fully saturated rings. The minimum atomic E-state index is 0.195. The highest BCUT2D eigenvalue weighted by molar-refractivity contribution is 7.16. The Morgan fingerprint density at radius 2 is 2.25 bits per heavy atom. The van der Waals surface area contributed by atoms with Crippen molar-refractivity contribution in [2.45, 2.75) is 44.3 Å². The van der Waals surface area contributed by atoms with Crippen LogP contribution in [0, 0.1) is 0 Å². The minimum absolute atomic E-state index is 0.195. The van der Waals surface area contributed by atoms with Gasteiger partial charge in [-0.2, -0.15) is 0 Å². The summed E-state index contributed by atoms with van der Waals surface area (Å²) in [6.45, 7) is 2.15. The lowest BCUT2D eigenvalue weighted by molar-refractivity contribution is 0.203. The maximum atomic E-state index is 6.25. The second kappa shape index (κ2) is 5.05. The normalized spacial score (nSPS) is 20.1. The highest BCUT2D eigenvalue weighted by atomic mass is 35.5. The summed E-state index contributed by atoms with van der Waals surface area (Å²) < 4.78 is 0.854. The van der Waals surface area contributed by atoms with E-state index in [0.29, 0.717) is 6.04 Å². The number of nitrogens with two attached hydrogens (primary N) is 1. The molecule has 2 unspecified atom stereocenters. The van der Waals surface area contributed by atoms with E-state index in [1.807, 2.05) is 6.07 Å². The highest BCUT2D eigenvalue weighted by Gasteiger charge is 2.34. The Labute approximate surface area is 106 Å².